The van der Waals surface area contributed by atoms with Crippen LogP contribution in [-0.2, 0) is 4.79 Å². The lowest BCUT2D eigenvalue weighted by Gasteiger charge is -2.30. The minimum absolute atomic E-state index is 0.0470. The van der Waals surface area contributed by atoms with Gasteiger partial charge in [-0.1, -0.05) is 59.9 Å². The number of benzene rings is 3. The van der Waals surface area contributed by atoms with E-state index < -0.39 is 18.2 Å². The molecule has 5 rings (SSSR count). The summed E-state index contributed by atoms with van der Waals surface area (Å²) in [5.41, 5.74) is 1.47. The minimum atomic E-state index is -3.01. The standard InChI is InChI=1S/C31H29F2N3O4S/c1-5-35(6-2)29(38)25-18(3)34-31-36(27(25)26-21-13-9-7-11-19(21)15-16-23(26)39-4)28(37)24(41-31)17-20-12-8-10-14-22(20)40-30(32)33/h7-17,27,30H,5-6H2,1-4H3/b24-17-/t27-/m1/s1. The van der Waals surface area contributed by atoms with Crippen LogP contribution in [0.4, 0.5) is 8.78 Å². The molecule has 3 aromatic carbocycles. The highest BCUT2D eigenvalue weighted by Gasteiger charge is 2.36. The van der Waals surface area contributed by atoms with E-state index in [0.717, 1.165) is 22.1 Å². The van der Waals surface area contributed by atoms with Gasteiger partial charge in [-0.3, -0.25) is 14.2 Å². The lowest BCUT2D eigenvalue weighted by atomic mass is 9.90. The number of ether oxygens (including phenoxy) is 2. The number of carbonyl (C=O) groups excluding carboxylic acids is 1. The normalized spacial score (nSPS) is 15.2. The van der Waals surface area contributed by atoms with E-state index >= 15 is 0 Å². The molecule has 1 amide bonds. The number of allylic oxidation sites excluding steroid dienone is 1. The summed E-state index contributed by atoms with van der Waals surface area (Å²) in [5, 5.41) is 1.76. The zero-order valence-electron chi connectivity index (χ0n) is 23.1. The van der Waals surface area contributed by atoms with E-state index in [-0.39, 0.29) is 16.2 Å². The monoisotopic (exact) mass is 577 g/mol. The maximum atomic E-state index is 14.2. The van der Waals surface area contributed by atoms with Crippen molar-refractivity contribution in [1.29, 1.82) is 0 Å². The second kappa shape index (κ2) is 11.7. The van der Waals surface area contributed by atoms with Gasteiger partial charge in [0, 0.05) is 24.2 Å². The lowest BCUT2D eigenvalue weighted by molar-refractivity contribution is -0.127. The summed E-state index contributed by atoms with van der Waals surface area (Å²) in [7, 11) is 1.56. The molecule has 0 bridgehead atoms. The summed E-state index contributed by atoms with van der Waals surface area (Å²) >= 11 is 1.12. The summed E-state index contributed by atoms with van der Waals surface area (Å²) in [6.07, 6.45) is 1.52. The van der Waals surface area contributed by atoms with Crippen LogP contribution in [0.3, 0.4) is 0 Å². The summed E-state index contributed by atoms with van der Waals surface area (Å²) in [6.45, 7) is 3.52. The van der Waals surface area contributed by atoms with Gasteiger partial charge in [0.1, 0.15) is 17.5 Å². The Morgan fingerprint density at radius 2 is 1.78 bits per heavy atom. The van der Waals surface area contributed by atoms with Crippen molar-refractivity contribution in [2.24, 2.45) is 4.99 Å². The van der Waals surface area contributed by atoms with Crippen molar-refractivity contribution >= 4 is 34.1 Å². The van der Waals surface area contributed by atoms with Gasteiger partial charge in [-0.15, -0.1) is 0 Å². The van der Waals surface area contributed by atoms with Gasteiger partial charge in [0.25, 0.3) is 11.5 Å². The second-order valence-corrected chi connectivity index (χ2v) is 10.4. The van der Waals surface area contributed by atoms with Crippen LogP contribution >= 0.6 is 11.3 Å². The smallest absolute Gasteiger partial charge is 0.387 e. The lowest BCUT2D eigenvalue weighted by Crippen LogP contribution is -2.43. The number of hydrogen-bond donors (Lipinski definition) is 0. The second-order valence-electron chi connectivity index (χ2n) is 9.38. The Kier molecular flexibility index (Phi) is 8.03. The van der Waals surface area contributed by atoms with Crippen LogP contribution in [0.5, 0.6) is 11.5 Å². The summed E-state index contributed by atoms with van der Waals surface area (Å²) < 4.78 is 38.4. The number of thiazole rings is 1. The zero-order valence-corrected chi connectivity index (χ0v) is 23.9. The first-order valence-electron chi connectivity index (χ1n) is 13.2. The van der Waals surface area contributed by atoms with Crippen LogP contribution in [0.2, 0.25) is 0 Å². The number of rotatable bonds is 8. The van der Waals surface area contributed by atoms with Crippen molar-refractivity contribution in [2.45, 2.75) is 33.4 Å². The molecule has 0 saturated carbocycles. The van der Waals surface area contributed by atoms with E-state index in [2.05, 4.69) is 4.74 Å². The fraction of sp³-hybridized carbons (Fsp3) is 0.258. The van der Waals surface area contributed by atoms with Crippen molar-refractivity contribution in [2.75, 3.05) is 20.2 Å². The van der Waals surface area contributed by atoms with Crippen LogP contribution in [0.25, 0.3) is 16.8 Å². The largest absolute Gasteiger partial charge is 0.496 e. The van der Waals surface area contributed by atoms with Crippen molar-refractivity contribution < 1.29 is 23.0 Å². The number of methoxy groups -OCH3 is 1. The predicted molar refractivity (Wildman–Crippen MR) is 155 cm³/mol. The Bertz CT molecular complexity index is 1840. The molecule has 0 spiro atoms. The molecule has 7 nitrogen and oxygen atoms in total. The van der Waals surface area contributed by atoms with E-state index in [1.165, 1.54) is 16.7 Å². The number of nitrogens with zero attached hydrogens (tertiary/aromatic N) is 3. The number of para-hydroxylation sites is 1. The Hall–Kier alpha value is -4.31. The van der Waals surface area contributed by atoms with Crippen LogP contribution in [0.1, 0.15) is 37.9 Å². The average Bonchev–Trinajstić information content (AvgIpc) is 3.27. The Morgan fingerprint density at radius 3 is 2.49 bits per heavy atom. The summed E-state index contributed by atoms with van der Waals surface area (Å²) in [4.78, 5) is 35.0. The van der Waals surface area contributed by atoms with E-state index in [4.69, 9.17) is 9.73 Å². The van der Waals surface area contributed by atoms with Crippen molar-refractivity contribution in [1.82, 2.24) is 9.47 Å². The quantitative estimate of drug-likeness (QED) is 0.300. The molecule has 212 valence electrons. The SMILES string of the molecule is CCN(CC)C(=O)C1=C(C)N=c2s/c(=C\c3ccccc3OC(F)F)c(=O)n2[C@H]1c1c(OC)ccc2ccccc12. The van der Waals surface area contributed by atoms with Crippen LogP contribution in [-0.4, -0.2) is 42.2 Å². The predicted octanol–water partition coefficient (Wildman–Crippen LogP) is 4.87. The van der Waals surface area contributed by atoms with Gasteiger partial charge >= 0.3 is 6.61 Å². The number of aromatic nitrogens is 1. The number of alkyl halides is 2. The number of amides is 1. The first-order valence-corrected chi connectivity index (χ1v) is 14.0. The summed E-state index contributed by atoms with van der Waals surface area (Å²) in [5.74, 6) is 0.258. The summed E-state index contributed by atoms with van der Waals surface area (Å²) in [6, 6.07) is 16.9. The molecule has 0 saturated heterocycles. The minimum Gasteiger partial charge on any atom is -0.496 e. The number of carbonyl (C=O) groups is 1. The van der Waals surface area contributed by atoms with Gasteiger partial charge in [0.15, 0.2) is 4.80 Å². The van der Waals surface area contributed by atoms with Gasteiger partial charge in [0.2, 0.25) is 0 Å². The molecule has 0 aliphatic carbocycles. The Labute approximate surface area is 239 Å². The molecule has 1 aliphatic rings. The molecular weight excluding hydrogens is 548 g/mol. The molecule has 1 aliphatic heterocycles. The van der Waals surface area contributed by atoms with E-state index in [0.29, 0.717) is 46.0 Å². The molecule has 2 heterocycles. The molecule has 0 fully saturated rings. The van der Waals surface area contributed by atoms with E-state index in [1.807, 2.05) is 50.2 Å². The third-order valence-electron chi connectivity index (χ3n) is 7.15. The van der Waals surface area contributed by atoms with Gasteiger partial charge in [0.05, 0.1) is 22.9 Å². The van der Waals surface area contributed by atoms with Crippen LogP contribution < -0.4 is 24.4 Å². The fourth-order valence-corrected chi connectivity index (χ4v) is 6.27. The maximum Gasteiger partial charge on any atom is 0.387 e. The van der Waals surface area contributed by atoms with E-state index in [1.54, 1.807) is 37.1 Å². The molecule has 10 heteroatoms. The van der Waals surface area contributed by atoms with E-state index in [9.17, 15) is 18.4 Å². The van der Waals surface area contributed by atoms with Crippen molar-refractivity contribution in [3.05, 3.63) is 103 Å². The van der Waals surface area contributed by atoms with Crippen LogP contribution in [0, 0.1) is 0 Å². The van der Waals surface area contributed by atoms with Gasteiger partial charge in [-0.2, -0.15) is 8.78 Å². The first-order chi connectivity index (χ1) is 19.8. The topological polar surface area (TPSA) is 73.1 Å². The first kappa shape index (κ1) is 28.2. The zero-order chi connectivity index (χ0) is 29.3. The molecular formula is C31H29F2N3O4S. The molecule has 0 radical (unpaired) electrons. The number of halogens is 2. The molecule has 1 atom stereocenters. The number of likely N-dealkylation sites (N-methyl/N-ethyl adjacent to an activating group) is 1. The van der Waals surface area contributed by atoms with Gasteiger partial charge in [-0.05, 0) is 49.8 Å². The number of hydrogen-bond acceptors (Lipinski definition) is 6. The molecule has 0 unspecified atom stereocenters. The number of fused-ring (bicyclic) bond motifs is 2. The molecule has 4 aromatic rings. The third-order valence-corrected chi connectivity index (χ3v) is 8.13. The van der Waals surface area contributed by atoms with Gasteiger partial charge in [-0.25, -0.2) is 4.99 Å². The molecule has 1 aromatic heterocycles. The third kappa shape index (κ3) is 5.15. The Morgan fingerprint density at radius 1 is 1.07 bits per heavy atom. The highest BCUT2D eigenvalue weighted by Crippen LogP contribution is 2.40. The highest BCUT2D eigenvalue weighted by molar-refractivity contribution is 7.07. The molecule has 41 heavy (non-hydrogen) atoms. The van der Waals surface area contributed by atoms with Crippen molar-refractivity contribution in [3.8, 4) is 11.5 Å². The molecule has 0 N–H and O–H groups in total. The highest BCUT2D eigenvalue weighted by atomic mass is 32.1. The van der Waals surface area contributed by atoms with Crippen LogP contribution in [0.15, 0.2) is 81.7 Å². The average molecular weight is 578 g/mol. The fourth-order valence-electron chi connectivity index (χ4n) is 5.23. The maximum absolute atomic E-state index is 14.2. The Balaban J connectivity index is 1.83. The van der Waals surface area contributed by atoms with Gasteiger partial charge < -0.3 is 14.4 Å². The van der Waals surface area contributed by atoms with Crippen molar-refractivity contribution in [3.63, 3.8) is 0 Å².